The maximum Gasteiger partial charge on any atom is 0.258 e. The molecule has 0 radical (unpaired) electrons. The first-order valence-corrected chi connectivity index (χ1v) is 12.0. The number of thiocarbonyl (C=S) groups is 1. The summed E-state index contributed by atoms with van der Waals surface area (Å²) in [5.41, 5.74) is 3.38. The van der Waals surface area contributed by atoms with Gasteiger partial charge in [0.2, 0.25) is 5.82 Å². The molecule has 1 aromatic heterocycles. The molecule has 0 bridgehead atoms. The molecule has 0 aliphatic carbocycles. The largest absolute Gasteiger partial charge is 0.494 e. The molecule has 1 aliphatic heterocycles. The van der Waals surface area contributed by atoms with Gasteiger partial charge in [-0.05, 0) is 62.3 Å². The molecule has 0 saturated carbocycles. The monoisotopic (exact) mass is 480 g/mol. The van der Waals surface area contributed by atoms with E-state index in [1.165, 1.54) is 12.1 Å². The Hall–Kier alpha value is -3.26. The molecule has 8 heteroatoms. The van der Waals surface area contributed by atoms with Crippen LogP contribution in [0.1, 0.15) is 57.5 Å². The van der Waals surface area contributed by atoms with E-state index in [9.17, 15) is 4.39 Å². The Bertz CT molecular complexity index is 1180. The van der Waals surface area contributed by atoms with Crippen molar-refractivity contribution in [3.05, 3.63) is 71.5 Å². The van der Waals surface area contributed by atoms with E-state index in [0.717, 1.165) is 48.4 Å². The van der Waals surface area contributed by atoms with E-state index in [4.69, 9.17) is 21.5 Å². The molecule has 1 unspecified atom stereocenters. The Morgan fingerprint density at radius 2 is 1.94 bits per heavy atom. The number of halogens is 1. The molecule has 0 saturated heterocycles. The molecule has 1 atom stereocenters. The molecule has 2 aromatic carbocycles. The third-order valence-electron chi connectivity index (χ3n) is 5.85. The molecule has 6 nitrogen and oxygen atoms in total. The van der Waals surface area contributed by atoms with E-state index < -0.39 is 0 Å². The van der Waals surface area contributed by atoms with Gasteiger partial charge in [-0.15, -0.1) is 0 Å². The van der Waals surface area contributed by atoms with Gasteiger partial charge in [-0.1, -0.05) is 49.2 Å². The number of rotatable bonds is 9. The van der Waals surface area contributed by atoms with Crippen molar-refractivity contribution < 1.29 is 13.7 Å². The zero-order valence-electron chi connectivity index (χ0n) is 19.7. The van der Waals surface area contributed by atoms with Gasteiger partial charge in [0.15, 0.2) is 5.11 Å². The maximum absolute atomic E-state index is 13.8. The van der Waals surface area contributed by atoms with Gasteiger partial charge in [-0.2, -0.15) is 4.98 Å². The van der Waals surface area contributed by atoms with Crippen LogP contribution in [0.25, 0.3) is 17.0 Å². The van der Waals surface area contributed by atoms with Crippen LogP contribution in [0, 0.1) is 5.82 Å². The van der Waals surface area contributed by atoms with Crippen LogP contribution in [0.2, 0.25) is 0 Å². The third-order valence-corrected chi connectivity index (χ3v) is 6.18. The van der Waals surface area contributed by atoms with Gasteiger partial charge < -0.3 is 19.5 Å². The highest BCUT2D eigenvalue weighted by Gasteiger charge is 2.34. The smallest absolute Gasteiger partial charge is 0.258 e. The number of allylic oxidation sites excluding steroid dienone is 1. The molecule has 1 aliphatic rings. The summed E-state index contributed by atoms with van der Waals surface area (Å²) in [5.74, 6) is 1.18. The van der Waals surface area contributed by atoms with Crippen molar-refractivity contribution in [2.24, 2.45) is 0 Å². The molecule has 34 heavy (non-hydrogen) atoms. The molecule has 0 fully saturated rings. The Morgan fingerprint density at radius 1 is 1.15 bits per heavy atom. The number of nitrogens with zero attached hydrogens (tertiary/aromatic N) is 3. The third kappa shape index (κ3) is 5.12. The molecule has 3 aromatic rings. The molecular formula is C26H29FN4O2S. The highest BCUT2D eigenvalue weighted by Crippen LogP contribution is 2.38. The highest BCUT2D eigenvalue weighted by molar-refractivity contribution is 7.80. The first-order chi connectivity index (χ1) is 16.5. The Morgan fingerprint density at radius 3 is 2.65 bits per heavy atom. The fraction of sp³-hybridized carbons (Fsp3) is 0.346. The van der Waals surface area contributed by atoms with Crippen LogP contribution in [0.15, 0.2) is 58.8 Å². The average molecular weight is 481 g/mol. The fourth-order valence-electron chi connectivity index (χ4n) is 4.10. The van der Waals surface area contributed by atoms with Crippen LogP contribution >= 0.6 is 12.2 Å². The van der Waals surface area contributed by atoms with Crippen LogP contribution in [0.3, 0.4) is 0 Å². The fourth-order valence-corrected chi connectivity index (χ4v) is 4.44. The lowest BCUT2D eigenvalue weighted by molar-refractivity contribution is 0.340. The van der Waals surface area contributed by atoms with Crippen LogP contribution in [0.5, 0.6) is 5.75 Å². The maximum atomic E-state index is 13.8. The minimum absolute atomic E-state index is 0.272. The number of benzene rings is 2. The summed E-state index contributed by atoms with van der Waals surface area (Å²) in [6.45, 7) is 7.57. The van der Waals surface area contributed by atoms with Crippen molar-refractivity contribution in [3.8, 4) is 17.1 Å². The molecule has 4 rings (SSSR count). The molecular weight excluding hydrogens is 451 g/mol. The van der Waals surface area contributed by atoms with Crippen molar-refractivity contribution in [1.82, 2.24) is 20.4 Å². The predicted octanol–water partition coefficient (Wildman–Crippen LogP) is 6.13. The summed E-state index contributed by atoms with van der Waals surface area (Å²) in [4.78, 5) is 6.73. The van der Waals surface area contributed by atoms with Crippen molar-refractivity contribution in [2.75, 3.05) is 13.2 Å². The van der Waals surface area contributed by atoms with Crippen LogP contribution in [0.4, 0.5) is 4.39 Å². The van der Waals surface area contributed by atoms with Crippen molar-refractivity contribution in [1.29, 1.82) is 0 Å². The van der Waals surface area contributed by atoms with Gasteiger partial charge in [-0.3, -0.25) is 0 Å². The van der Waals surface area contributed by atoms with E-state index in [0.29, 0.717) is 29.0 Å². The zero-order valence-corrected chi connectivity index (χ0v) is 20.5. The summed E-state index contributed by atoms with van der Waals surface area (Å²) in [5, 5.41) is 8.27. The highest BCUT2D eigenvalue weighted by atomic mass is 32.1. The minimum Gasteiger partial charge on any atom is -0.494 e. The van der Waals surface area contributed by atoms with E-state index in [-0.39, 0.29) is 11.9 Å². The first-order valence-electron chi connectivity index (χ1n) is 11.6. The Labute approximate surface area is 204 Å². The summed E-state index contributed by atoms with van der Waals surface area (Å²) in [6, 6.07) is 13.8. The van der Waals surface area contributed by atoms with Gasteiger partial charge in [0.05, 0.1) is 18.2 Å². The number of aromatic nitrogens is 2. The van der Waals surface area contributed by atoms with Crippen LogP contribution in [-0.4, -0.2) is 33.3 Å². The van der Waals surface area contributed by atoms with E-state index in [2.05, 4.69) is 27.3 Å². The number of hydrogen-bond acceptors (Lipinski definition) is 5. The summed E-state index contributed by atoms with van der Waals surface area (Å²) in [6.07, 6.45) is 3.27. The zero-order chi connectivity index (χ0) is 24.1. The lowest BCUT2D eigenvalue weighted by Crippen LogP contribution is -2.46. The number of hydrogen-bond donors (Lipinski definition) is 1. The predicted molar refractivity (Wildman–Crippen MR) is 135 cm³/mol. The summed E-state index contributed by atoms with van der Waals surface area (Å²) in [7, 11) is 0. The van der Waals surface area contributed by atoms with Crippen LogP contribution < -0.4 is 10.1 Å². The van der Waals surface area contributed by atoms with Crippen molar-refractivity contribution in [2.45, 2.75) is 46.1 Å². The normalized spacial score (nSPS) is 16.1. The summed E-state index contributed by atoms with van der Waals surface area (Å²) >= 11 is 5.74. The standard InChI is InChI=1S/C26H29FN4O2S/c1-4-6-7-15-31-17(3)22(25-29-24(30-33-25)19-9-8-10-20(27)16-19)23(28-26(31)34)18-11-13-21(14-12-18)32-5-2/h8-14,16,23H,4-7,15H2,1-3H3,(H,28,34). The van der Waals surface area contributed by atoms with Gasteiger partial charge >= 0.3 is 0 Å². The lowest BCUT2D eigenvalue weighted by Gasteiger charge is -2.37. The second-order valence-corrected chi connectivity index (χ2v) is 8.56. The SMILES string of the molecule is CCCCCN1C(=S)NC(c2ccc(OCC)cc2)C(c2nc(-c3cccc(F)c3)no2)=C1C. The van der Waals surface area contributed by atoms with E-state index >= 15 is 0 Å². The van der Waals surface area contributed by atoms with Gasteiger partial charge in [0.25, 0.3) is 5.89 Å². The molecule has 2 heterocycles. The second-order valence-electron chi connectivity index (χ2n) is 8.18. The molecule has 178 valence electrons. The Kier molecular flexibility index (Phi) is 7.57. The van der Waals surface area contributed by atoms with Gasteiger partial charge in [0.1, 0.15) is 11.6 Å². The first kappa shape index (κ1) is 23.9. The lowest BCUT2D eigenvalue weighted by atomic mass is 9.94. The van der Waals surface area contributed by atoms with Crippen LogP contribution in [-0.2, 0) is 0 Å². The van der Waals surface area contributed by atoms with Gasteiger partial charge in [0, 0.05) is 17.8 Å². The molecule has 1 N–H and O–H groups in total. The van der Waals surface area contributed by atoms with E-state index in [1.54, 1.807) is 12.1 Å². The number of ether oxygens (including phenoxy) is 1. The number of nitrogens with one attached hydrogen (secondary N) is 1. The topological polar surface area (TPSA) is 63.4 Å². The molecule has 0 amide bonds. The van der Waals surface area contributed by atoms with Crippen molar-refractivity contribution in [3.63, 3.8) is 0 Å². The molecule has 0 spiro atoms. The quantitative estimate of drug-likeness (QED) is 0.292. The number of unbranched alkanes of at least 4 members (excludes halogenated alkanes) is 2. The average Bonchev–Trinajstić information content (AvgIpc) is 3.31. The van der Waals surface area contributed by atoms with Crippen molar-refractivity contribution >= 4 is 22.9 Å². The summed E-state index contributed by atoms with van der Waals surface area (Å²) < 4.78 is 25.1. The Balaban J connectivity index is 1.75. The van der Waals surface area contributed by atoms with E-state index in [1.807, 2.05) is 38.1 Å². The second kappa shape index (κ2) is 10.8. The minimum atomic E-state index is -0.349. The van der Waals surface area contributed by atoms with Gasteiger partial charge in [-0.25, -0.2) is 4.39 Å².